The van der Waals surface area contributed by atoms with E-state index in [4.69, 9.17) is 16.3 Å². The number of nitrogens with zero attached hydrogens (tertiary/aromatic N) is 1. The van der Waals surface area contributed by atoms with E-state index in [1.165, 1.54) is 13.0 Å². The van der Waals surface area contributed by atoms with Crippen LogP contribution < -0.4 is 9.64 Å². The summed E-state index contributed by atoms with van der Waals surface area (Å²) < 4.78 is 19.4. The van der Waals surface area contributed by atoms with Gasteiger partial charge in [0.2, 0.25) is 0 Å². The lowest BCUT2D eigenvalue weighted by Gasteiger charge is -2.22. The Morgan fingerprint density at radius 1 is 1.23 bits per heavy atom. The van der Waals surface area contributed by atoms with Gasteiger partial charge >= 0.3 is 0 Å². The largest absolute Gasteiger partial charge is 0.492 e. The molecular formula is C17H17ClFNO2. The standard InChI is InChI=1S/C17H17ClFNO2/c1-12(21)17-15(19)4-3-5-16(17)20(2)10-11-22-14-8-6-13(18)7-9-14/h3-9H,10-11H2,1-2H3. The first-order valence-corrected chi connectivity index (χ1v) is 7.26. The normalized spacial score (nSPS) is 10.4. The van der Waals surface area contributed by atoms with Gasteiger partial charge in [-0.3, -0.25) is 4.79 Å². The van der Waals surface area contributed by atoms with Crippen molar-refractivity contribution in [3.05, 3.63) is 58.9 Å². The summed E-state index contributed by atoms with van der Waals surface area (Å²) in [7, 11) is 1.80. The predicted molar refractivity (Wildman–Crippen MR) is 86.6 cm³/mol. The zero-order valence-electron chi connectivity index (χ0n) is 12.5. The van der Waals surface area contributed by atoms with Crippen LogP contribution in [0.5, 0.6) is 5.75 Å². The Balaban J connectivity index is 2.01. The molecule has 0 fully saturated rings. The minimum atomic E-state index is -0.504. The predicted octanol–water partition coefficient (Wildman–Crippen LogP) is 4.20. The summed E-state index contributed by atoms with van der Waals surface area (Å²) in [6.45, 7) is 2.29. The van der Waals surface area contributed by atoms with Gasteiger partial charge in [-0.15, -0.1) is 0 Å². The maximum Gasteiger partial charge on any atom is 0.164 e. The van der Waals surface area contributed by atoms with Gasteiger partial charge in [0, 0.05) is 12.1 Å². The molecule has 0 spiro atoms. The highest BCUT2D eigenvalue weighted by molar-refractivity contribution is 6.30. The zero-order valence-corrected chi connectivity index (χ0v) is 13.2. The van der Waals surface area contributed by atoms with Crippen molar-refractivity contribution in [2.24, 2.45) is 0 Å². The van der Waals surface area contributed by atoms with Gasteiger partial charge in [-0.05, 0) is 43.3 Å². The molecule has 0 unspecified atom stereocenters. The van der Waals surface area contributed by atoms with Crippen molar-refractivity contribution >= 4 is 23.1 Å². The molecule has 0 atom stereocenters. The number of benzene rings is 2. The first kappa shape index (κ1) is 16.3. The minimum absolute atomic E-state index is 0.108. The van der Waals surface area contributed by atoms with Crippen LogP contribution in [0.2, 0.25) is 5.02 Å². The number of carbonyl (C=O) groups excluding carboxylic acids is 1. The van der Waals surface area contributed by atoms with E-state index in [0.29, 0.717) is 29.6 Å². The fraction of sp³-hybridized carbons (Fsp3) is 0.235. The van der Waals surface area contributed by atoms with Crippen LogP contribution >= 0.6 is 11.6 Å². The molecule has 0 bridgehead atoms. The molecule has 0 aliphatic rings. The number of hydrogen-bond acceptors (Lipinski definition) is 3. The Labute approximate surface area is 134 Å². The number of likely N-dealkylation sites (N-methyl/N-ethyl adjacent to an activating group) is 1. The molecule has 0 aliphatic heterocycles. The highest BCUT2D eigenvalue weighted by Crippen LogP contribution is 2.23. The number of rotatable bonds is 6. The van der Waals surface area contributed by atoms with Crippen molar-refractivity contribution in [3.8, 4) is 5.75 Å². The van der Waals surface area contributed by atoms with Crippen LogP contribution in [0.25, 0.3) is 0 Å². The first-order chi connectivity index (χ1) is 10.5. The molecule has 5 heteroatoms. The van der Waals surface area contributed by atoms with Crippen molar-refractivity contribution in [3.63, 3.8) is 0 Å². The third kappa shape index (κ3) is 3.98. The molecule has 2 aromatic carbocycles. The molecule has 0 aliphatic carbocycles. The SMILES string of the molecule is CC(=O)c1c(F)cccc1N(C)CCOc1ccc(Cl)cc1. The molecule has 0 saturated heterocycles. The maximum atomic E-state index is 13.8. The molecule has 0 heterocycles. The van der Waals surface area contributed by atoms with Gasteiger partial charge < -0.3 is 9.64 Å². The Morgan fingerprint density at radius 2 is 1.91 bits per heavy atom. The fourth-order valence-corrected chi connectivity index (χ4v) is 2.26. The number of ether oxygens (including phenoxy) is 1. The number of Topliss-reactive ketones (excluding diaryl/α,β-unsaturated/α-hetero) is 1. The minimum Gasteiger partial charge on any atom is -0.492 e. The molecular weight excluding hydrogens is 305 g/mol. The summed E-state index contributed by atoms with van der Waals surface area (Å²) in [5.74, 6) is -0.0853. The van der Waals surface area contributed by atoms with Gasteiger partial charge in [-0.1, -0.05) is 17.7 Å². The van der Waals surface area contributed by atoms with Gasteiger partial charge in [0.15, 0.2) is 5.78 Å². The van der Waals surface area contributed by atoms with Crippen LogP contribution in [0, 0.1) is 5.82 Å². The average molecular weight is 322 g/mol. The van der Waals surface area contributed by atoms with E-state index in [1.807, 2.05) is 0 Å². The summed E-state index contributed by atoms with van der Waals surface area (Å²) >= 11 is 5.81. The van der Waals surface area contributed by atoms with Crippen LogP contribution in [-0.2, 0) is 0 Å². The van der Waals surface area contributed by atoms with Crippen molar-refractivity contribution < 1.29 is 13.9 Å². The van der Waals surface area contributed by atoms with E-state index in [1.54, 1.807) is 48.3 Å². The van der Waals surface area contributed by atoms with Gasteiger partial charge in [0.25, 0.3) is 0 Å². The third-order valence-corrected chi connectivity index (χ3v) is 3.52. The number of anilines is 1. The van der Waals surface area contributed by atoms with E-state index >= 15 is 0 Å². The van der Waals surface area contributed by atoms with Gasteiger partial charge in [0.05, 0.1) is 17.8 Å². The Morgan fingerprint density at radius 3 is 2.55 bits per heavy atom. The van der Waals surface area contributed by atoms with Gasteiger partial charge in [0.1, 0.15) is 18.2 Å². The zero-order chi connectivity index (χ0) is 16.1. The fourth-order valence-electron chi connectivity index (χ4n) is 2.13. The van der Waals surface area contributed by atoms with Crippen molar-refractivity contribution in [2.75, 3.05) is 25.1 Å². The van der Waals surface area contributed by atoms with Crippen molar-refractivity contribution in [1.29, 1.82) is 0 Å². The highest BCUT2D eigenvalue weighted by Gasteiger charge is 2.15. The number of hydrogen-bond donors (Lipinski definition) is 0. The molecule has 2 rings (SSSR count). The topological polar surface area (TPSA) is 29.5 Å². The molecule has 0 N–H and O–H groups in total. The first-order valence-electron chi connectivity index (χ1n) is 6.88. The molecule has 2 aromatic rings. The lowest BCUT2D eigenvalue weighted by Crippen LogP contribution is -2.25. The van der Waals surface area contributed by atoms with E-state index in [2.05, 4.69) is 0 Å². The average Bonchev–Trinajstić information content (AvgIpc) is 2.48. The summed E-state index contributed by atoms with van der Waals surface area (Å²) in [4.78, 5) is 13.4. The van der Waals surface area contributed by atoms with Crippen LogP contribution in [0.3, 0.4) is 0 Å². The van der Waals surface area contributed by atoms with Crippen molar-refractivity contribution in [2.45, 2.75) is 6.92 Å². The molecule has 22 heavy (non-hydrogen) atoms. The van der Waals surface area contributed by atoms with E-state index in [9.17, 15) is 9.18 Å². The lowest BCUT2D eigenvalue weighted by atomic mass is 10.1. The monoisotopic (exact) mass is 321 g/mol. The second-order valence-corrected chi connectivity index (χ2v) is 5.35. The Bertz CT molecular complexity index is 658. The quantitative estimate of drug-likeness (QED) is 0.747. The second-order valence-electron chi connectivity index (χ2n) is 4.91. The highest BCUT2D eigenvalue weighted by atomic mass is 35.5. The summed E-state index contributed by atoms with van der Waals surface area (Å²) in [5.41, 5.74) is 0.670. The lowest BCUT2D eigenvalue weighted by molar-refractivity contribution is 0.101. The van der Waals surface area contributed by atoms with E-state index in [0.717, 1.165) is 0 Å². The molecule has 0 aromatic heterocycles. The smallest absolute Gasteiger partial charge is 0.164 e. The number of ketones is 1. The summed E-state index contributed by atoms with van der Waals surface area (Å²) in [6.07, 6.45) is 0. The second kappa shape index (κ2) is 7.27. The molecule has 0 radical (unpaired) electrons. The van der Waals surface area contributed by atoms with Crippen molar-refractivity contribution in [1.82, 2.24) is 0 Å². The van der Waals surface area contributed by atoms with Crippen LogP contribution in [0.1, 0.15) is 17.3 Å². The summed E-state index contributed by atoms with van der Waals surface area (Å²) in [6, 6.07) is 11.7. The number of halogens is 2. The molecule has 3 nitrogen and oxygen atoms in total. The molecule has 0 amide bonds. The van der Waals surface area contributed by atoms with E-state index < -0.39 is 5.82 Å². The van der Waals surface area contributed by atoms with Gasteiger partial charge in [-0.2, -0.15) is 0 Å². The Kier molecular flexibility index (Phi) is 5.39. The Hall–Kier alpha value is -2.07. The number of carbonyl (C=O) groups is 1. The van der Waals surface area contributed by atoms with Gasteiger partial charge in [-0.25, -0.2) is 4.39 Å². The van der Waals surface area contributed by atoms with Crippen LogP contribution in [-0.4, -0.2) is 26.0 Å². The molecule has 0 saturated carbocycles. The van der Waals surface area contributed by atoms with Crippen LogP contribution in [0.15, 0.2) is 42.5 Å². The van der Waals surface area contributed by atoms with E-state index in [-0.39, 0.29) is 11.3 Å². The maximum absolute atomic E-state index is 13.8. The molecule has 116 valence electrons. The summed E-state index contributed by atoms with van der Waals surface area (Å²) in [5, 5.41) is 0.648. The van der Waals surface area contributed by atoms with Crippen LogP contribution in [0.4, 0.5) is 10.1 Å². The third-order valence-electron chi connectivity index (χ3n) is 3.26.